The number of rotatable bonds is 4. The minimum Gasteiger partial charge on any atom is -0.304 e. The van der Waals surface area contributed by atoms with E-state index in [9.17, 15) is 0 Å². The van der Waals surface area contributed by atoms with Crippen LogP contribution in [0.3, 0.4) is 0 Å². The standard InChI is InChI=1S/C13H14N6/c1-10-15-6-5-11(16-10)8-14-9-13-18-17-12-4-2-3-7-19(12)13/h2-7,14H,8-9H2,1H3. The number of fused-ring (bicyclic) bond motifs is 1. The monoisotopic (exact) mass is 254 g/mol. The van der Waals surface area contributed by atoms with Crippen molar-refractivity contribution < 1.29 is 0 Å². The summed E-state index contributed by atoms with van der Waals surface area (Å²) >= 11 is 0. The summed E-state index contributed by atoms with van der Waals surface area (Å²) in [4.78, 5) is 8.41. The molecule has 0 spiro atoms. The van der Waals surface area contributed by atoms with Crippen LogP contribution in [0.1, 0.15) is 17.3 Å². The lowest BCUT2D eigenvalue weighted by Crippen LogP contribution is -2.16. The Morgan fingerprint density at radius 3 is 3.00 bits per heavy atom. The van der Waals surface area contributed by atoms with Crippen LogP contribution in [-0.2, 0) is 13.1 Å². The molecule has 3 aromatic heterocycles. The second-order valence-electron chi connectivity index (χ2n) is 4.24. The summed E-state index contributed by atoms with van der Waals surface area (Å²) in [5, 5.41) is 11.6. The number of hydrogen-bond acceptors (Lipinski definition) is 5. The second-order valence-corrected chi connectivity index (χ2v) is 4.24. The maximum Gasteiger partial charge on any atom is 0.160 e. The van der Waals surface area contributed by atoms with Crippen LogP contribution in [-0.4, -0.2) is 24.6 Å². The van der Waals surface area contributed by atoms with E-state index >= 15 is 0 Å². The summed E-state index contributed by atoms with van der Waals surface area (Å²) in [7, 11) is 0. The van der Waals surface area contributed by atoms with Gasteiger partial charge in [0.1, 0.15) is 5.82 Å². The first kappa shape index (κ1) is 11.7. The molecule has 0 amide bonds. The van der Waals surface area contributed by atoms with Gasteiger partial charge in [-0.3, -0.25) is 4.40 Å². The van der Waals surface area contributed by atoms with Gasteiger partial charge in [-0.15, -0.1) is 10.2 Å². The number of aromatic nitrogens is 5. The van der Waals surface area contributed by atoms with Gasteiger partial charge in [-0.1, -0.05) is 6.07 Å². The van der Waals surface area contributed by atoms with Gasteiger partial charge in [-0.05, 0) is 25.1 Å². The molecule has 0 aliphatic heterocycles. The molecule has 0 saturated carbocycles. The van der Waals surface area contributed by atoms with Gasteiger partial charge in [-0.25, -0.2) is 9.97 Å². The average Bonchev–Trinajstić information content (AvgIpc) is 2.83. The molecule has 19 heavy (non-hydrogen) atoms. The zero-order chi connectivity index (χ0) is 13.1. The first-order valence-corrected chi connectivity index (χ1v) is 6.11. The molecule has 0 atom stereocenters. The van der Waals surface area contributed by atoms with E-state index < -0.39 is 0 Å². The van der Waals surface area contributed by atoms with E-state index in [1.54, 1.807) is 6.20 Å². The van der Waals surface area contributed by atoms with Crippen molar-refractivity contribution in [3.05, 3.63) is 54.0 Å². The van der Waals surface area contributed by atoms with E-state index in [0.29, 0.717) is 13.1 Å². The van der Waals surface area contributed by atoms with Crippen LogP contribution >= 0.6 is 0 Å². The first-order chi connectivity index (χ1) is 9.33. The summed E-state index contributed by atoms with van der Waals surface area (Å²) in [5.74, 6) is 1.67. The Morgan fingerprint density at radius 2 is 2.11 bits per heavy atom. The van der Waals surface area contributed by atoms with Gasteiger partial charge in [0.15, 0.2) is 11.5 Å². The normalized spacial score (nSPS) is 11.0. The highest BCUT2D eigenvalue weighted by molar-refractivity contribution is 5.36. The molecule has 96 valence electrons. The summed E-state index contributed by atoms with van der Waals surface area (Å²) in [5.41, 5.74) is 1.83. The van der Waals surface area contributed by atoms with E-state index in [1.165, 1.54) is 0 Å². The number of nitrogens with zero attached hydrogens (tertiary/aromatic N) is 5. The van der Waals surface area contributed by atoms with Gasteiger partial charge in [0.25, 0.3) is 0 Å². The summed E-state index contributed by atoms with van der Waals surface area (Å²) in [6.45, 7) is 3.22. The Morgan fingerprint density at radius 1 is 1.16 bits per heavy atom. The lowest BCUT2D eigenvalue weighted by Gasteiger charge is -2.03. The fourth-order valence-corrected chi connectivity index (χ4v) is 1.92. The Hall–Kier alpha value is -2.34. The van der Waals surface area contributed by atoms with Crippen molar-refractivity contribution in [2.75, 3.05) is 0 Å². The highest BCUT2D eigenvalue weighted by atomic mass is 15.3. The van der Waals surface area contributed by atoms with Crippen LogP contribution in [0.25, 0.3) is 5.65 Å². The average molecular weight is 254 g/mol. The second kappa shape index (κ2) is 5.11. The van der Waals surface area contributed by atoms with Crippen molar-refractivity contribution in [2.45, 2.75) is 20.0 Å². The van der Waals surface area contributed by atoms with Crippen LogP contribution in [0, 0.1) is 6.92 Å². The molecule has 0 radical (unpaired) electrons. The van der Waals surface area contributed by atoms with Crippen molar-refractivity contribution in [3.8, 4) is 0 Å². The van der Waals surface area contributed by atoms with Gasteiger partial charge >= 0.3 is 0 Å². The van der Waals surface area contributed by atoms with Crippen molar-refractivity contribution >= 4 is 5.65 Å². The number of aryl methyl sites for hydroxylation is 1. The Bertz CT molecular complexity index is 690. The molecule has 3 aromatic rings. The molecular formula is C13H14N6. The SMILES string of the molecule is Cc1nccc(CNCc2nnc3ccccn23)n1. The molecule has 0 fully saturated rings. The third kappa shape index (κ3) is 2.58. The predicted octanol–water partition coefficient (Wildman–Crippen LogP) is 1.12. The number of hydrogen-bond donors (Lipinski definition) is 1. The number of pyridine rings is 1. The van der Waals surface area contributed by atoms with E-state index in [4.69, 9.17) is 0 Å². The molecular weight excluding hydrogens is 240 g/mol. The summed E-state index contributed by atoms with van der Waals surface area (Å²) in [6.07, 6.45) is 3.73. The van der Waals surface area contributed by atoms with E-state index in [1.807, 2.05) is 41.8 Å². The van der Waals surface area contributed by atoms with Gasteiger partial charge in [0.05, 0.1) is 12.2 Å². The molecule has 3 rings (SSSR count). The van der Waals surface area contributed by atoms with Crippen LogP contribution in [0.15, 0.2) is 36.7 Å². The van der Waals surface area contributed by atoms with Crippen molar-refractivity contribution in [1.29, 1.82) is 0 Å². The summed E-state index contributed by atoms with van der Waals surface area (Å²) in [6, 6.07) is 7.75. The third-order valence-corrected chi connectivity index (χ3v) is 2.81. The van der Waals surface area contributed by atoms with Crippen molar-refractivity contribution in [1.82, 2.24) is 29.9 Å². The van der Waals surface area contributed by atoms with Gasteiger partial charge < -0.3 is 5.32 Å². The van der Waals surface area contributed by atoms with Crippen LogP contribution in [0.2, 0.25) is 0 Å². The highest BCUT2D eigenvalue weighted by Crippen LogP contribution is 2.02. The number of nitrogens with one attached hydrogen (secondary N) is 1. The molecule has 6 nitrogen and oxygen atoms in total. The largest absolute Gasteiger partial charge is 0.304 e. The smallest absolute Gasteiger partial charge is 0.160 e. The third-order valence-electron chi connectivity index (χ3n) is 2.81. The molecule has 1 N–H and O–H groups in total. The van der Waals surface area contributed by atoms with Crippen LogP contribution < -0.4 is 5.32 Å². The zero-order valence-electron chi connectivity index (χ0n) is 10.6. The van der Waals surface area contributed by atoms with Crippen molar-refractivity contribution in [3.63, 3.8) is 0 Å². The summed E-state index contributed by atoms with van der Waals surface area (Å²) < 4.78 is 1.97. The van der Waals surface area contributed by atoms with Crippen LogP contribution in [0.5, 0.6) is 0 Å². The van der Waals surface area contributed by atoms with Crippen LogP contribution in [0.4, 0.5) is 0 Å². The van der Waals surface area contributed by atoms with Gasteiger partial charge in [0, 0.05) is 18.9 Å². The fourth-order valence-electron chi connectivity index (χ4n) is 1.92. The molecule has 0 unspecified atom stereocenters. The minimum absolute atomic E-state index is 0.647. The molecule has 3 heterocycles. The molecule has 0 aliphatic carbocycles. The maximum atomic E-state index is 4.34. The lowest BCUT2D eigenvalue weighted by atomic mass is 10.4. The maximum absolute atomic E-state index is 4.34. The molecule has 0 aromatic carbocycles. The Kier molecular flexibility index (Phi) is 3.16. The fraction of sp³-hybridized carbons (Fsp3) is 0.231. The molecule has 0 saturated heterocycles. The quantitative estimate of drug-likeness (QED) is 0.755. The molecule has 0 aliphatic rings. The Balaban J connectivity index is 1.66. The van der Waals surface area contributed by atoms with Gasteiger partial charge in [-0.2, -0.15) is 0 Å². The van der Waals surface area contributed by atoms with E-state index in [0.717, 1.165) is 23.0 Å². The highest BCUT2D eigenvalue weighted by Gasteiger charge is 2.03. The van der Waals surface area contributed by atoms with E-state index in [2.05, 4.69) is 25.5 Å². The topological polar surface area (TPSA) is 68.0 Å². The first-order valence-electron chi connectivity index (χ1n) is 6.11. The predicted molar refractivity (Wildman–Crippen MR) is 70.3 cm³/mol. The van der Waals surface area contributed by atoms with Crippen molar-refractivity contribution in [2.24, 2.45) is 0 Å². The Labute approximate surface area is 110 Å². The molecule has 0 bridgehead atoms. The lowest BCUT2D eigenvalue weighted by molar-refractivity contribution is 0.643. The zero-order valence-corrected chi connectivity index (χ0v) is 10.6. The molecule has 6 heteroatoms. The van der Waals surface area contributed by atoms with Gasteiger partial charge in [0.2, 0.25) is 0 Å². The van der Waals surface area contributed by atoms with E-state index in [-0.39, 0.29) is 0 Å². The minimum atomic E-state index is 0.647.